The van der Waals surface area contributed by atoms with Gasteiger partial charge in [0.1, 0.15) is 0 Å². The van der Waals surface area contributed by atoms with Crippen LogP contribution < -0.4 is 10.6 Å². The average Bonchev–Trinajstić information content (AvgIpc) is 2.28. The van der Waals surface area contributed by atoms with E-state index in [1.54, 1.807) is 0 Å². The van der Waals surface area contributed by atoms with E-state index in [0.29, 0.717) is 5.92 Å². The van der Waals surface area contributed by atoms with E-state index in [9.17, 15) is 0 Å². The fraction of sp³-hybridized carbons (Fsp3) is 0.538. The monoisotopic (exact) mass is 220 g/mol. The summed E-state index contributed by atoms with van der Waals surface area (Å²) < 4.78 is 0. The number of fused-ring (bicyclic) bond motifs is 1. The minimum Gasteiger partial charge on any atom is -0.396 e. The summed E-state index contributed by atoms with van der Waals surface area (Å²) in [5.41, 5.74) is 8.66. The first-order valence-electron chi connectivity index (χ1n) is 5.90. The Balaban J connectivity index is 2.20. The first-order valence-corrected chi connectivity index (χ1v) is 5.90. The number of anilines is 1. The summed E-state index contributed by atoms with van der Waals surface area (Å²) in [5.74, 6) is 0.290. The molecule has 0 radical (unpaired) electrons. The molecule has 3 nitrogen and oxygen atoms in total. The first kappa shape index (κ1) is 11.4. The van der Waals surface area contributed by atoms with Gasteiger partial charge in [0, 0.05) is 31.4 Å². The van der Waals surface area contributed by atoms with Crippen molar-refractivity contribution in [1.82, 2.24) is 0 Å². The molecular weight excluding hydrogens is 200 g/mol. The summed E-state index contributed by atoms with van der Waals surface area (Å²) in [6, 6.07) is 8.62. The van der Waals surface area contributed by atoms with Crippen molar-refractivity contribution in [2.75, 3.05) is 24.6 Å². The molecule has 1 heterocycles. The second-order valence-electron chi connectivity index (χ2n) is 4.79. The van der Waals surface area contributed by atoms with Crippen molar-refractivity contribution in [3.63, 3.8) is 0 Å². The Morgan fingerprint density at radius 2 is 2.25 bits per heavy atom. The normalized spacial score (nSPS) is 21.7. The number of nitrogens with two attached hydrogens (primary N) is 1. The van der Waals surface area contributed by atoms with Crippen molar-refractivity contribution >= 4 is 5.69 Å². The summed E-state index contributed by atoms with van der Waals surface area (Å²) in [6.45, 7) is 4.05. The molecule has 16 heavy (non-hydrogen) atoms. The SMILES string of the molecule is CC(CO)CN1CC(N)Cc2ccccc21. The van der Waals surface area contributed by atoms with Crippen LogP contribution in [0.5, 0.6) is 0 Å². The van der Waals surface area contributed by atoms with Crippen LogP contribution in [0.1, 0.15) is 12.5 Å². The van der Waals surface area contributed by atoms with Crippen LogP contribution >= 0.6 is 0 Å². The van der Waals surface area contributed by atoms with E-state index in [2.05, 4.69) is 36.1 Å². The van der Waals surface area contributed by atoms with Gasteiger partial charge in [-0.05, 0) is 24.0 Å². The van der Waals surface area contributed by atoms with Gasteiger partial charge in [-0.3, -0.25) is 0 Å². The number of hydrogen-bond donors (Lipinski definition) is 2. The van der Waals surface area contributed by atoms with E-state index in [-0.39, 0.29) is 12.6 Å². The Morgan fingerprint density at radius 3 is 3.00 bits per heavy atom. The molecule has 0 amide bonds. The minimum absolute atomic E-state index is 0.209. The molecule has 3 N–H and O–H groups in total. The third kappa shape index (κ3) is 2.36. The highest BCUT2D eigenvalue weighted by atomic mass is 16.3. The van der Waals surface area contributed by atoms with Crippen LogP contribution in [0, 0.1) is 5.92 Å². The lowest BCUT2D eigenvalue weighted by Crippen LogP contribution is -2.45. The minimum atomic E-state index is 0.209. The van der Waals surface area contributed by atoms with Crippen molar-refractivity contribution in [2.45, 2.75) is 19.4 Å². The zero-order valence-corrected chi connectivity index (χ0v) is 9.76. The fourth-order valence-electron chi connectivity index (χ4n) is 2.33. The number of para-hydroxylation sites is 1. The molecular formula is C13H20N2O. The van der Waals surface area contributed by atoms with Crippen molar-refractivity contribution in [3.05, 3.63) is 29.8 Å². The van der Waals surface area contributed by atoms with Gasteiger partial charge in [0.15, 0.2) is 0 Å². The molecule has 0 spiro atoms. The standard InChI is InChI=1S/C13H20N2O/c1-10(9-16)7-15-8-12(14)6-11-4-2-3-5-13(11)15/h2-5,10,12,16H,6-9,14H2,1H3. The van der Waals surface area contributed by atoms with E-state index in [4.69, 9.17) is 10.8 Å². The molecule has 1 aliphatic rings. The van der Waals surface area contributed by atoms with Crippen molar-refractivity contribution in [2.24, 2.45) is 11.7 Å². The van der Waals surface area contributed by atoms with Crippen LogP contribution in [0.4, 0.5) is 5.69 Å². The quantitative estimate of drug-likeness (QED) is 0.799. The van der Waals surface area contributed by atoms with Gasteiger partial charge in [0.2, 0.25) is 0 Å². The number of hydrogen-bond acceptors (Lipinski definition) is 3. The lowest BCUT2D eigenvalue weighted by Gasteiger charge is -2.36. The molecule has 0 saturated heterocycles. The molecule has 0 fully saturated rings. The average molecular weight is 220 g/mol. The lowest BCUT2D eigenvalue weighted by molar-refractivity contribution is 0.238. The van der Waals surface area contributed by atoms with Crippen LogP contribution in [-0.2, 0) is 6.42 Å². The molecule has 1 aromatic carbocycles. The van der Waals surface area contributed by atoms with Gasteiger partial charge >= 0.3 is 0 Å². The molecule has 1 aromatic rings. The van der Waals surface area contributed by atoms with Gasteiger partial charge in [-0.1, -0.05) is 25.1 Å². The fourth-order valence-corrected chi connectivity index (χ4v) is 2.33. The third-order valence-corrected chi connectivity index (χ3v) is 3.11. The van der Waals surface area contributed by atoms with Gasteiger partial charge in [-0.25, -0.2) is 0 Å². The highest BCUT2D eigenvalue weighted by molar-refractivity contribution is 5.56. The molecule has 0 bridgehead atoms. The molecule has 88 valence electrons. The summed E-state index contributed by atoms with van der Waals surface area (Å²) in [6.07, 6.45) is 0.959. The Kier molecular flexibility index (Phi) is 3.46. The van der Waals surface area contributed by atoms with Gasteiger partial charge in [0.05, 0.1) is 0 Å². The van der Waals surface area contributed by atoms with Gasteiger partial charge in [-0.15, -0.1) is 0 Å². The number of aliphatic hydroxyl groups is 1. The third-order valence-electron chi connectivity index (χ3n) is 3.11. The van der Waals surface area contributed by atoms with Gasteiger partial charge < -0.3 is 15.7 Å². The summed E-state index contributed by atoms with van der Waals surface area (Å²) in [4.78, 5) is 2.30. The molecule has 1 aliphatic heterocycles. The van der Waals surface area contributed by atoms with Crippen LogP contribution in [0.15, 0.2) is 24.3 Å². The number of rotatable bonds is 3. The smallest absolute Gasteiger partial charge is 0.0473 e. The van der Waals surface area contributed by atoms with E-state index in [1.807, 2.05) is 0 Å². The zero-order chi connectivity index (χ0) is 11.5. The summed E-state index contributed by atoms with van der Waals surface area (Å²) in [7, 11) is 0. The van der Waals surface area contributed by atoms with Gasteiger partial charge in [0.25, 0.3) is 0 Å². The van der Waals surface area contributed by atoms with Crippen LogP contribution in [0.2, 0.25) is 0 Å². The maximum absolute atomic E-state index is 9.12. The molecule has 0 aliphatic carbocycles. The first-order chi connectivity index (χ1) is 7.70. The maximum Gasteiger partial charge on any atom is 0.0473 e. The predicted molar refractivity (Wildman–Crippen MR) is 66.6 cm³/mol. The van der Waals surface area contributed by atoms with Crippen molar-refractivity contribution in [1.29, 1.82) is 0 Å². The zero-order valence-electron chi connectivity index (χ0n) is 9.76. The van der Waals surface area contributed by atoms with E-state index >= 15 is 0 Å². The Hall–Kier alpha value is -1.06. The molecule has 2 atom stereocenters. The maximum atomic E-state index is 9.12. The largest absolute Gasteiger partial charge is 0.396 e. The number of benzene rings is 1. The van der Waals surface area contributed by atoms with E-state index in [0.717, 1.165) is 19.5 Å². The molecule has 3 heteroatoms. The second kappa shape index (κ2) is 4.85. The number of nitrogens with zero attached hydrogens (tertiary/aromatic N) is 1. The molecule has 0 aromatic heterocycles. The summed E-state index contributed by atoms with van der Waals surface area (Å²) in [5, 5.41) is 9.12. The second-order valence-corrected chi connectivity index (χ2v) is 4.79. The predicted octanol–water partition coefficient (Wildman–Crippen LogP) is 1.00. The highest BCUT2D eigenvalue weighted by Crippen LogP contribution is 2.26. The molecule has 2 unspecified atom stereocenters. The Bertz CT molecular complexity index is 354. The van der Waals surface area contributed by atoms with Crippen LogP contribution in [-0.4, -0.2) is 30.8 Å². The topological polar surface area (TPSA) is 49.5 Å². The lowest BCUT2D eigenvalue weighted by atomic mass is 9.97. The van der Waals surface area contributed by atoms with Crippen LogP contribution in [0.3, 0.4) is 0 Å². The van der Waals surface area contributed by atoms with Crippen molar-refractivity contribution in [3.8, 4) is 0 Å². The molecule has 0 saturated carbocycles. The summed E-state index contributed by atoms with van der Waals surface area (Å²) >= 11 is 0. The van der Waals surface area contributed by atoms with E-state index < -0.39 is 0 Å². The highest BCUT2D eigenvalue weighted by Gasteiger charge is 2.22. The van der Waals surface area contributed by atoms with E-state index in [1.165, 1.54) is 11.3 Å². The Morgan fingerprint density at radius 1 is 1.50 bits per heavy atom. The van der Waals surface area contributed by atoms with Crippen LogP contribution in [0.25, 0.3) is 0 Å². The Labute approximate surface area is 96.9 Å². The van der Waals surface area contributed by atoms with Gasteiger partial charge in [-0.2, -0.15) is 0 Å². The molecule has 2 rings (SSSR count). The van der Waals surface area contributed by atoms with Crippen molar-refractivity contribution < 1.29 is 5.11 Å². The number of aliphatic hydroxyl groups excluding tert-OH is 1.